The molecule has 0 spiro atoms. The minimum Gasteiger partial charge on any atom is -0.247 e. The molecule has 0 aromatic rings. The van der Waals surface area contributed by atoms with E-state index in [1.165, 1.54) is 5.54 Å². The SMILES string of the molecule is C=CC(=NC(=C)C(/C=C\C(=C)CC)=C/Cl)C(C)(F)F. The summed E-state index contributed by atoms with van der Waals surface area (Å²) >= 11 is 5.64. The summed E-state index contributed by atoms with van der Waals surface area (Å²) in [7, 11) is 0. The molecule has 0 saturated heterocycles. The number of halogens is 3. The van der Waals surface area contributed by atoms with Crippen molar-refractivity contribution in [2.24, 2.45) is 4.99 Å². The molecule has 0 fully saturated rings. The van der Waals surface area contributed by atoms with Crippen molar-refractivity contribution in [3.63, 3.8) is 0 Å². The first kappa shape index (κ1) is 17.5. The number of hydrogen-bond donors (Lipinski definition) is 0. The fourth-order valence-electron chi connectivity index (χ4n) is 1.05. The highest BCUT2D eigenvalue weighted by Crippen LogP contribution is 2.20. The van der Waals surface area contributed by atoms with Gasteiger partial charge in [-0.25, -0.2) is 4.99 Å². The highest BCUT2D eigenvalue weighted by atomic mass is 35.5. The van der Waals surface area contributed by atoms with Crippen LogP contribution in [0.1, 0.15) is 20.3 Å². The van der Waals surface area contributed by atoms with Gasteiger partial charge >= 0.3 is 0 Å². The lowest BCUT2D eigenvalue weighted by Gasteiger charge is -2.11. The van der Waals surface area contributed by atoms with E-state index in [9.17, 15) is 8.78 Å². The molecule has 0 rings (SSSR count). The van der Waals surface area contributed by atoms with Gasteiger partial charge in [0.25, 0.3) is 5.92 Å². The third kappa shape index (κ3) is 6.30. The van der Waals surface area contributed by atoms with Crippen LogP contribution in [-0.2, 0) is 0 Å². The van der Waals surface area contributed by atoms with E-state index in [0.29, 0.717) is 5.57 Å². The Hall–Kier alpha value is -1.48. The highest BCUT2D eigenvalue weighted by molar-refractivity contribution is 6.26. The van der Waals surface area contributed by atoms with E-state index in [0.717, 1.165) is 25.0 Å². The van der Waals surface area contributed by atoms with Gasteiger partial charge in [0.05, 0.1) is 5.70 Å². The summed E-state index contributed by atoms with van der Waals surface area (Å²) in [5.41, 5.74) is 2.26. The average Bonchev–Trinajstić information content (AvgIpc) is 2.34. The zero-order chi connectivity index (χ0) is 15.1. The Morgan fingerprint density at radius 3 is 2.26 bits per heavy atom. The van der Waals surface area contributed by atoms with E-state index in [-0.39, 0.29) is 5.70 Å². The van der Waals surface area contributed by atoms with Crippen molar-refractivity contribution in [2.75, 3.05) is 0 Å². The largest absolute Gasteiger partial charge is 0.286 e. The van der Waals surface area contributed by atoms with Gasteiger partial charge in [-0.15, -0.1) is 0 Å². The molecule has 4 heteroatoms. The summed E-state index contributed by atoms with van der Waals surface area (Å²) in [6.45, 7) is 13.4. The Morgan fingerprint density at radius 1 is 1.32 bits per heavy atom. The monoisotopic (exact) mass is 285 g/mol. The van der Waals surface area contributed by atoms with Crippen LogP contribution in [-0.4, -0.2) is 11.6 Å². The lowest BCUT2D eigenvalue weighted by molar-refractivity contribution is 0.102. The van der Waals surface area contributed by atoms with E-state index in [1.54, 1.807) is 12.2 Å². The van der Waals surface area contributed by atoms with Gasteiger partial charge in [0.1, 0.15) is 5.71 Å². The molecule has 104 valence electrons. The van der Waals surface area contributed by atoms with Crippen molar-refractivity contribution in [2.45, 2.75) is 26.2 Å². The minimum absolute atomic E-state index is 0.145. The number of hydrogen-bond acceptors (Lipinski definition) is 1. The van der Waals surface area contributed by atoms with Gasteiger partial charge < -0.3 is 0 Å². The second-order valence-electron chi connectivity index (χ2n) is 3.95. The molecule has 0 heterocycles. The first-order chi connectivity index (χ1) is 8.76. The van der Waals surface area contributed by atoms with Crippen molar-refractivity contribution in [3.05, 3.63) is 60.3 Å². The summed E-state index contributed by atoms with van der Waals surface area (Å²) in [5, 5.41) is 0. The molecule has 0 bridgehead atoms. The number of alkyl halides is 2. The van der Waals surface area contributed by atoms with Gasteiger partial charge in [-0.3, -0.25) is 0 Å². The Morgan fingerprint density at radius 2 is 1.89 bits per heavy atom. The highest BCUT2D eigenvalue weighted by Gasteiger charge is 2.27. The smallest absolute Gasteiger partial charge is 0.247 e. The predicted octanol–water partition coefficient (Wildman–Crippen LogP) is 5.43. The molecular weight excluding hydrogens is 268 g/mol. The Kier molecular flexibility index (Phi) is 7.23. The number of rotatable bonds is 7. The molecule has 0 unspecified atom stereocenters. The van der Waals surface area contributed by atoms with E-state index >= 15 is 0 Å². The maximum atomic E-state index is 13.2. The van der Waals surface area contributed by atoms with Crippen LogP contribution in [0.15, 0.2) is 65.3 Å². The minimum atomic E-state index is -3.07. The summed E-state index contributed by atoms with van der Waals surface area (Å²) in [6.07, 6.45) is 5.17. The fraction of sp³-hybridized carbons (Fsp3) is 0.267. The van der Waals surface area contributed by atoms with Crippen molar-refractivity contribution in [1.29, 1.82) is 0 Å². The van der Waals surface area contributed by atoms with Crippen molar-refractivity contribution in [3.8, 4) is 0 Å². The van der Waals surface area contributed by atoms with Crippen LogP contribution in [0, 0.1) is 0 Å². The summed E-state index contributed by atoms with van der Waals surface area (Å²) < 4.78 is 26.3. The quantitative estimate of drug-likeness (QED) is 0.437. The van der Waals surface area contributed by atoms with E-state index in [2.05, 4.69) is 24.7 Å². The standard InChI is InChI=1S/C15H18ClF2N/c1-6-11(3)8-9-13(10-16)12(4)19-14(7-2)15(5,17)18/h7-10H,2-4,6H2,1,5H3/b9-8-,13-10+,19-14?. The zero-order valence-corrected chi connectivity index (χ0v) is 12.0. The van der Waals surface area contributed by atoms with Gasteiger partial charge in [-0.2, -0.15) is 8.78 Å². The summed E-state index contributed by atoms with van der Waals surface area (Å²) in [6, 6.07) is 0. The molecule has 0 aliphatic rings. The molecule has 0 aliphatic carbocycles. The molecule has 0 aromatic heterocycles. The van der Waals surface area contributed by atoms with Crippen LogP contribution >= 0.6 is 11.6 Å². The Balaban J connectivity index is 5.18. The third-order valence-electron chi connectivity index (χ3n) is 2.30. The second kappa shape index (κ2) is 7.85. The molecule has 0 amide bonds. The molecular formula is C15H18ClF2N. The normalized spacial score (nSPS) is 13.7. The maximum Gasteiger partial charge on any atom is 0.286 e. The van der Waals surface area contributed by atoms with Crippen LogP contribution in [0.3, 0.4) is 0 Å². The van der Waals surface area contributed by atoms with Crippen LogP contribution in [0.2, 0.25) is 0 Å². The van der Waals surface area contributed by atoms with E-state index in [4.69, 9.17) is 11.6 Å². The molecule has 0 atom stereocenters. The van der Waals surface area contributed by atoms with Gasteiger partial charge in [0, 0.05) is 18.0 Å². The molecule has 0 aliphatic heterocycles. The number of allylic oxidation sites excluding steroid dienone is 4. The van der Waals surface area contributed by atoms with Gasteiger partial charge in [0.2, 0.25) is 0 Å². The fourth-order valence-corrected chi connectivity index (χ4v) is 1.25. The summed E-state index contributed by atoms with van der Waals surface area (Å²) in [4.78, 5) is 3.76. The number of aliphatic imine (C=N–C) groups is 1. The zero-order valence-electron chi connectivity index (χ0n) is 11.2. The maximum absolute atomic E-state index is 13.2. The van der Waals surface area contributed by atoms with Gasteiger partial charge in [0.15, 0.2) is 0 Å². The number of nitrogens with zero attached hydrogens (tertiary/aromatic N) is 1. The lowest BCUT2D eigenvalue weighted by Crippen LogP contribution is -2.22. The van der Waals surface area contributed by atoms with Gasteiger partial charge in [-0.05, 0) is 12.5 Å². The Labute approximate surface area is 118 Å². The van der Waals surface area contributed by atoms with Crippen LogP contribution in [0.4, 0.5) is 8.78 Å². The van der Waals surface area contributed by atoms with Crippen molar-refractivity contribution >= 4 is 17.3 Å². The van der Waals surface area contributed by atoms with Gasteiger partial charge in [-0.1, -0.05) is 56.0 Å². The molecule has 0 N–H and O–H groups in total. The Bertz CT molecular complexity index is 451. The first-order valence-corrected chi connectivity index (χ1v) is 6.14. The van der Waals surface area contributed by atoms with Crippen LogP contribution < -0.4 is 0 Å². The molecule has 0 saturated carbocycles. The first-order valence-electron chi connectivity index (χ1n) is 5.71. The van der Waals surface area contributed by atoms with Crippen molar-refractivity contribution in [1.82, 2.24) is 0 Å². The van der Waals surface area contributed by atoms with Crippen LogP contribution in [0.25, 0.3) is 0 Å². The van der Waals surface area contributed by atoms with Crippen LogP contribution in [0.5, 0.6) is 0 Å². The topological polar surface area (TPSA) is 12.4 Å². The summed E-state index contributed by atoms with van der Waals surface area (Å²) in [5.74, 6) is -3.07. The molecule has 1 nitrogen and oxygen atoms in total. The predicted molar refractivity (Wildman–Crippen MR) is 79.9 cm³/mol. The lowest BCUT2D eigenvalue weighted by atomic mass is 10.1. The third-order valence-corrected chi connectivity index (χ3v) is 2.54. The van der Waals surface area contributed by atoms with E-state index in [1.807, 2.05) is 6.92 Å². The molecule has 0 radical (unpaired) electrons. The molecule has 19 heavy (non-hydrogen) atoms. The van der Waals surface area contributed by atoms with E-state index < -0.39 is 11.6 Å². The molecule has 0 aromatic carbocycles. The average molecular weight is 286 g/mol. The van der Waals surface area contributed by atoms with Crippen molar-refractivity contribution < 1.29 is 8.78 Å². The second-order valence-corrected chi connectivity index (χ2v) is 4.16.